The van der Waals surface area contributed by atoms with Gasteiger partial charge in [-0.2, -0.15) is 0 Å². The zero-order chi connectivity index (χ0) is 19.4. The molecule has 2 amide bonds. The van der Waals surface area contributed by atoms with E-state index >= 15 is 0 Å². The molecule has 1 fully saturated rings. The fraction of sp³-hybridized carbons (Fsp3) is 0.286. The van der Waals surface area contributed by atoms with Gasteiger partial charge in [-0.25, -0.2) is 4.79 Å². The molecule has 27 heavy (non-hydrogen) atoms. The molecule has 2 aromatic rings. The molecule has 0 radical (unpaired) electrons. The van der Waals surface area contributed by atoms with Crippen molar-refractivity contribution in [2.45, 2.75) is 26.3 Å². The number of aryl methyl sites for hydroxylation is 1. The number of carbonyl (C=O) groups is 3. The molecule has 0 spiro atoms. The van der Waals surface area contributed by atoms with Crippen LogP contribution in [0.5, 0.6) is 0 Å². The van der Waals surface area contributed by atoms with E-state index in [9.17, 15) is 14.4 Å². The third-order valence-corrected chi connectivity index (χ3v) is 4.73. The molecule has 3 rings (SSSR count). The Morgan fingerprint density at radius 3 is 2.37 bits per heavy atom. The van der Waals surface area contributed by atoms with E-state index in [0.29, 0.717) is 30.6 Å². The van der Waals surface area contributed by atoms with Gasteiger partial charge in [0, 0.05) is 12.2 Å². The van der Waals surface area contributed by atoms with Crippen LogP contribution in [0.25, 0.3) is 0 Å². The van der Waals surface area contributed by atoms with Gasteiger partial charge in [0.15, 0.2) is 0 Å². The van der Waals surface area contributed by atoms with Crippen molar-refractivity contribution in [3.8, 4) is 0 Å². The van der Waals surface area contributed by atoms with Crippen molar-refractivity contribution in [1.29, 1.82) is 0 Å². The zero-order valence-corrected chi connectivity index (χ0v) is 15.4. The average Bonchev–Trinajstić information content (AvgIpc) is 3.49. The number of amides is 2. The van der Waals surface area contributed by atoms with Crippen molar-refractivity contribution >= 4 is 23.5 Å². The van der Waals surface area contributed by atoms with E-state index in [1.165, 1.54) is 13.2 Å². The summed E-state index contributed by atoms with van der Waals surface area (Å²) in [6.07, 6.45) is 1.02. The van der Waals surface area contributed by atoms with Crippen LogP contribution in [-0.4, -0.2) is 24.9 Å². The van der Waals surface area contributed by atoms with Crippen LogP contribution >= 0.6 is 0 Å². The van der Waals surface area contributed by atoms with Crippen molar-refractivity contribution in [1.82, 2.24) is 5.32 Å². The van der Waals surface area contributed by atoms with Crippen LogP contribution in [0.4, 0.5) is 5.69 Å². The largest absolute Gasteiger partial charge is 0.465 e. The summed E-state index contributed by atoms with van der Waals surface area (Å²) in [5, 5.41) is 5.60. The third kappa shape index (κ3) is 4.16. The maximum Gasteiger partial charge on any atom is 0.337 e. The number of anilines is 1. The first kappa shape index (κ1) is 18.6. The van der Waals surface area contributed by atoms with Crippen LogP contribution in [0.2, 0.25) is 0 Å². The lowest BCUT2D eigenvalue weighted by molar-refractivity contribution is -0.134. The molecular formula is C21H22N2O4. The van der Waals surface area contributed by atoms with Crippen molar-refractivity contribution < 1.29 is 19.1 Å². The fourth-order valence-electron chi connectivity index (χ4n) is 2.83. The van der Waals surface area contributed by atoms with E-state index in [1.54, 1.807) is 18.2 Å². The van der Waals surface area contributed by atoms with Gasteiger partial charge in [0.05, 0.1) is 12.7 Å². The molecule has 1 aliphatic rings. The monoisotopic (exact) mass is 366 g/mol. The molecule has 0 bridgehead atoms. The Morgan fingerprint density at radius 2 is 1.74 bits per heavy atom. The number of methoxy groups -OCH3 is 1. The minimum Gasteiger partial charge on any atom is -0.465 e. The Labute approximate surface area is 157 Å². The lowest BCUT2D eigenvalue weighted by atomic mass is 10.0. The third-order valence-electron chi connectivity index (χ3n) is 4.73. The topological polar surface area (TPSA) is 84.5 Å². The molecule has 1 aliphatic carbocycles. The molecule has 0 saturated heterocycles. The van der Waals surface area contributed by atoms with Gasteiger partial charge in [-0.15, -0.1) is 0 Å². The number of rotatable bonds is 6. The first-order chi connectivity index (χ1) is 12.9. The van der Waals surface area contributed by atoms with Crippen molar-refractivity contribution in [2.75, 3.05) is 12.4 Å². The van der Waals surface area contributed by atoms with Gasteiger partial charge in [-0.3, -0.25) is 9.59 Å². The molecule has 6 nitrogen and oxygen atoms in total. The summed E-state index contributed by atoms with van der Waals surface area (Å²) in [5.41, 5.74) is 1.89. The summed E-state index contributed by atoms with van der Waals surface area (Å²) >= 11 is 0. The number of nitrogens with one attached hydrogen (secondary N) is 2. The molecule has 6 heteroatoms. The Bertz CT molecular complexity index is 870. The highest BCUT2D eigenvalue weighted by Gasteiger charge is 2.56. The number of hydrogen-bond donors (Lipinski definition) is 2. The van der Waals surface area contributed by atoms with E-state index in [0.717, 1.165) is 11.1 Å². The number of esters is 1. The van der Waals surface area contributed by atoms with E-state index in [1.807, 2.05) is 31.2 Å². The Balaban J connectivity index is 1.63. The number of ether oxygens (including phenoxy) is 1. The van der Waals surface area contributed by atoms with Crippen LogP contribution in [0.15, 0.2) is 48.5 Å². The summed E-state index contributed by atoms with van der Waals surface area (Å²) < 4.78 is 4.68. The van der Waals surface area contributed by atoms with Gasteiger partial charge in [0.2, 0.25) is 11.8 Å². The zero-order valence-electron chi connectivity index (χ0n) is 15.4. The van der Waals surface area contributed by atoms with Crippen LogP contribution in [0, 0.1) is 12.3 Å². The lowest BCUT2D eigenvalue weighted by Crippen LogP contribution is -2.39. The highest BCUT2D eigenvalue weighted by atomic mass is 16.5. The van der Waals surface area contributed by atoms with Gasteiger partial charge in [0.25, 0.3) is 0 Å². The van der Waals surface area contributed by atoms with Crippen LogP contribution < -0.4 is 10.6 Å². The summed E-state index contributed by atoms with van der Waals surface area (Å²) in [6.45, 7) is 2.38. The summed E-state index contributed by atoms with van der Waals surface area (Å²) in [4.78, 5) is 36.8. The van der Waals surface area contributed by atoms with Gasteiger partial charge >= 0.3 is 5.97 Å². The van der Waals surface area contributed by atoms with E-state index in [2.05, 4.69) is 15.4 Å². The van der Waals surface area contributed by atoms with Crippen molar-refractivity contribution in [2.24, 2.45) is 5.41 Å². The first-order valence-corrected chi connectivity index (χ1v) is 8.78. The predicted molar refractivity (Wildman–Crippen MR) is 101 cm³/mol. The summed E-state index contributed by atoms with van der Waals surface area (Å²) in [5.74, 6) is -1.11. The molecule has 2 N–H and O–H groups in total. The van der Waals surface area contributed by atoms with Gasteiger partial charge in [-0.05, 0) is 43.5 Å². The second-order valence-electron chi connectivity index (χ2n) is 6.78. The minimum absolute atomic E-state index is 0.273. The number of benzene rings is 2. The van der Waals surface area contributed by atoms with Gasteiger partial charge < -0.3 is 15.4 Å². The maximum atomic E-state index is 12.7. The smallest absolute Gasteiger partial charge is 0.337 e. The summed E-state index contributed by atoms with van der Waals surface area (Å²) in [6, 6.07) is 14.3. The Morgan fingerprint density at radius 1 is 1.04 bits per heavy atom. The molecule has 0 unspecified atom stereocenters. The van der Waals surface area contributed by atoms with Crippen LogP contribution in [-0.2, 0) is 20.9 Å². The van der Waals surface area contributed by atoms with Crippen LogP contribution in [0.3, 0.4) is 0 Å². The number of carbonyl (C=O) groups excluding carboxylic acids is 3. The lowest BCUT2D eigenvalue weighted by Gasteiger charge is -2.16. The van der Waals surface area contributed by atoms with Gasteiger partial charge in [-0.1, -0.05) is 35.9 Å². The van der Waals surface area contributed by atoms with E-state index in [4.69, 9.17) is 0 Å². The molecule has 0 atom stereocenters. The molecule has 0 aromatic heterocycles. The maximum absolute atomic E-state index is 12.7. The fourth-order valence-corrected chi connectivity index (χ4v) is 2.83. The molecule has 0 aliphatic heterocycles. The highest BCUT2D eigenvalue weighted by Crippen LogP contribution is 2.46. The quantitative estimate of drug-likeness (QED) is 0.608. The van der Waals surface area contributed by atoms with Crippen molar-refractivity contribution in [3.05, 3.63) is 65.2 Å². The molecule has 1 saturated carbocycles. The molecule has 0 heterocycles. The van der Waals surface area contributed by atoms with E-state index < -0.39 is 11.4 Å². The minimum atomic E-state index is -1.04. The standard InChI is InChI=1S/C21H22N2O4/c1-14-6-8-15(9-7-14)13-22-19(25)21(10-11-21)20(26)23-17-5-3-4-16(12-17)18(24)27-2/h3-9,12H,10-11,13H2,1-2H3,(H,22,25)(H,23,26). The average molecular weight is 366 g/mol. The molecule has 2 aromatic carbocycles. The van der Waals surface area contributed by atoms with E-state index in [-0.39, 0.29) is 11.8 Å². The second kappa shape index (κ2) is 7.61. The predicted octanol–water partition coefficient (Wildman–Crippen LogP) is 2.82. The SMILES string of the molecule is COC(=O)c1cccc(NC(=O)C2(C(=O)NCc3ccc(C)cc3)CC2)c1. The number of hydrogen-bond acceptors (Lipinski definition) is 4. The Hall–Kier alpha value is -3.15. The first-order valence-electron chi connectivity index (χ1n) is 8.78. The molecule has 140 valence electrons. The highest BCUT2D eigenvalue weighted by molar-refractivity contribution is 6.13. The van der Waals surface area contributed by atoms with Gasteiger partial charge in [0.1, 0.15) is 5.41 Å². The summed E-state index contributed by atoms with van der Waals surface area (Å²) in [7, 11) is 1.30. The second-order valence-corrected chi connectivity index (χ2v) is 6.78. The van der Waals surface area contributed by atoms with Crippen molar-refractivity contribution in [3.63, 3.8) is 0 Å². The normalized spacial score (nSPS) is 14.1. The molecular weight excluding hydrogens is 344 g/mol. The Kier molecular flexibility index (Phi) is 5.26. The van der Waals surface area contributed by atoms with Crippen LogP contribution in [0.1, 0.15) is 34.3 Å².